The monoisotopic (exact) mass is 302 g/mol. The Morgan fingerprint density at radius 2 is 2.11 bits per heavy atom. The lowest BCUT2D eigenvalue weighted by atomic mass is 10.2. The molecule has 2 N–H and O–H groups in total. The molecule has 0 aliphatic rings. The molecular formula is C13H11BrN4. The molecule has 0 amide bonds. The molecule has 0 aliphatic heterocycles. The third kappa shape index (κ3) is 1.67. The molecule has 0 spiro atoms. The largest absolute Gasteiger partial charge is 0.399 e. The van der Waals surface area contributed by atoms with Crippen molar-refractivity contribution in [1.29, 1.82) is 0 Å². The van der Waals surface area contributed by atoms with Crippen molar-refractivity contribution >= 4 is 32.8 Å². The van der Waals surface area contributed by atoms with Gasteiger partial charge in [-0.05, 0) is 30.3 Å². The van der Waals surface area contributed by atoms with E-state index in [1.54, 1.807) is 6.20 Å². The summed E-state index contributed by atoms with van der Waals surface area (Å²) in [6.45, 7) is 0. The highest BCUT2D eigenvalue weighted by Crippen LogP contribution is 2.30. The zero-order valence-corrected chi connectivity index (χ0v) is 11.3. The Morgan fingerprint density at radius 1 is 1.28 bits per heavy atom. The predicted octanol–water partition coefficient (Wildman–Crippen LogP) is 2.98. The first-order valence-corrected chi connectivity index (χ1v) is 6.29. The van der Waals surface area contributed by atoms with Crippen LogP contribution < -0.4 is 5.73 Å². The fourth-order valence-corrected chi connectivity index (χ4v) is 2.40. The van der Waals surface area contributed by atoms with Gasteiger partial charge in [0, 0.05) is 29.0 Å². The number of rotatable bonds is 1. The van der Waals surface area contributed by atoms with E-state index in [4.69, 9.17) is 5.73 Å². The van der Waals surface area contributed by atoms with Gasteiger partial charge in [-0.1, -0.05) is 15.9 Å². The number of nitrogens with two attached hydrogens (primary N) is 1. The molecule has 1 aromatic carbocycles. The number of anilines is 1. The van der Waals surface area contributed by atoms with Crippen molar-refractivity contribution in [1.82, 2.24) is 14.5 Å². The smallest absolute Gasteiger partial charge is 0.178 e. The van der Waals surface area contributed by atoms with Crippen LogP contribution in [0.4, 0.5) is 5.69 Å². The quantitative estimate of drug-likeness (QED) is 0.703. The number of aromatic nitrogens is 3. The van der Waals surface area contributed by atoms with Gasteiger partial charge >= 0.3 is 0 Å². The topological polar surface area (TPSA) is 56.7 Å². The molecule has 90 valence electrons. The normalized spacial score (nSPS) is 11.0. The number of imidazole rings is 1. The number of aryl methyl sites for hydroxylation is 1. The second-order valence-electron chi connectivity index (χ2n) is 4.08. The van der Waals surface area contributed by atoms with E-state index in [9.17, 15) is 0 Å². The SMILES string of the molecule is Cn1c(-c2cc(N)ccc2Br)nc2ncccc21. The molecule has 0 saturated heterocycles. The Morgan fingerprint density at radius 3 is 2.89 bits per heavy atom. The van der Waals surface area contributed by atoms with Crippen molar-refractivity contribution in [2.45, 2.75) is 0 Å². The summed E-state index contributed by atoms with van der Waals surface area (Å²) in [4.78, 5) is 8.81. The molecule has 0 aliphatic carbocycles. The predicted molar refractivity (Wildman–Crippen MR) is 76.1 cm³/mol. The fraction of sp³-hybridized carbons (Fsp3) is 0.0769. The Hall–Kier alpha value is -1.88. The van der Waals surface area contributed by atoms with Gasteiger partial charge in [0.25, 0.3) is 0 Å². The minimum atomic E-state index is 0.716. The molecule has 2 heterocycles. The van der Waals surface area contributed by atoms with Crippen molar-refractivity contribution in [3.63, 3.8) is 0 Å². The highest BCUT2D eigenvalue weighted by Gasteiger charge is 2.13. The fourth-order valence-electron chi connectivity index (χ4n) is 1.98. The molecule has 0 unspecified atom stereocenters. The summed E-state index contributed by atoms with van der Waals surface area (Å²) in [6.07, 6.45) is 1.74. The molecule has 0 atom stereocenters. The third-order valence-corrected chi connectivity index (χ3v) is 3.58. The van der Waals surface area contributed by atoms with Crippen LogP contribution in [-0.4, -0.2) is 14.5 Å². The van der Waals surface area contributed by atoms with Crippen LogP contribution in [0.2, 0.25) is 0 Å². The summed E-state index contributed by atoms with van der Waals surface area (Å²) in [5.74, 6) is 0.850. The molecule has 0 fully saturated rings. The molecule has 3 rings (SSSR count). The van der Waals surface area contributed by atoms with E-state index in [1.807, 2.05) is 41.9 Å². The Bertz CT molecular complexity index is 733. The molecular weight excluding hydrogens is 292 g/mol. The number of nitrogens with zero attached hydrogens (tertiary/aromatic N) is 3. The van der Waals surface area contributed by atoms with E-state index in [1.165, 1.54) is 0 Å². The van der Waals surface area contributed by atoms with E-state index in [2.05, 4.69) is 25.9 Å². The van der Waals surface area contributed by atoms with Gasteiger partial charge in [0.15, 0.2) is 5.65 Å². The van der Waals surface area contributed by atoms with E-state index in [0.29, 0.717) is 5.69 Å². The number of nitrogen functional groups attached to an aromatic ring is 1. The van der Waals surface area contributed by atoms with Gasteiger partial charge in [0.2, 0.25) is 0 Å². The van der Waals surface area contributed by atoms with Crippen LogP contribution in [-0.2, 0) is 7.05 Å². The maximum absolute atomic E-state index is 5.84. The lowest BCUT2D eigenvalue weighted by molar-refractivity contribution is 0.958. The number of benzene rings is 1. The molecule has 5 heteroatoms. The van der Waals surface area contributed by atoms with Gasteiger partial charge in [-0.3, -0.25) is 0 Å². The first-order chi connectivity index (χ1) is 8.66. The molecule has 0 radical (unpaired) electrons. The van der Waals surface area contributed by atoms with Crippen LogP contribution in [0, 0.1) is 0 Å². The summed E-state index contributed by atoms with van der Waals surface area (Å²) in [5, 5.41) is 0. The van der Waals surface area contributed by atoms with Gasteiger partial charge in [-0.15, -0.1) is 0 Å². The van der Waals surface area contributed by atoms with Gasteiger partial charge in [-0.25, -0.2) is 9.97 Å². The minimum absolute atomic E-state index is 0.716. The minimum Gasteiger partial charge on any atom is -0.399 e. The van der Waals surface area contributed by atoms with Gasteiger partial charge in [0.05, 0.1) is 5.52 Å². The Labute approximate surface area is 113 Å². The standard InChI is InChI=1S/C13H11BrN4/c1-18-11-3-2-6-16-12(11)17-13(18)9-7-8(15)4-5-10(9)14/h2-7H,15H2,1H3. The lowest BCUT2D eigenvalue weighted by Gasteiger charge is -2.05. The van der Waals surface area contributed by atoms with E-state index in [-0.39, 0.29) is 0 Å². The number of fused-ring (bicyclic) bond motifs is 1. The average molecular weight is 303 g/mol. The Kier molecular flexibility index (Phi) is 2.56. The zero-order valence-electron chi connectivity index (χ0n) is 9.76. The number of hydrogen-bond donors (Lipinski definition) is 1. The third-order valence-electron chi connectivity index (χ3n) is 2.89. The van der Waals surface area contributed by atoms with Gasteiger partial charge in [0.1, 0.15) is 5.82 Å². The summed E-state index contributed by atoms with van der Waals surface area (Å²) < 4.78 is 2.98. The second-order valence-corrected chi connectivity index (χ2v) is 4.93. The molecule has 2 aromatic heterocycles. The summed E-state index contributed by atoms with van der Waals surface area (Å²) in [6, 6.07) is 9.60. The van der Waals surface area contributed by atoms with Crippen LogP contribution in [0.1, 0.15) is 0 Å². The van der Waals surface area contributed by atoms with Crippen LogP contribution >= 0.6 is 15.9 Å². The van der Waals surface area contributed by atoms with Crippen molar-refractivity contribution < 1.29 is 0 Å². The average Bonchev–Trinajstić information content (AvgIpc) is 2.71. The van der Waals surface area contributed by atoms with E-state index >= 15 is 0 Å². The van der Waals surface area contributed by atoms with Crippen molar-refractivity contribution in [3.8, 4) is 11.4 Å². The van der Waals surface area contributed by atoms with Crippen LogP contribution in [0.15, 0.2) is 41.0 Å². The summed E-state index contributed by atoms with van der Waals surface area (Å²) >= 11 is 3.53. The van der Waals surface area contributed by atoms with Crippen molar-refractivity contribution in [2.24, 2.45) is 7.05 Å². The Balaban J connectivity index is 2.31. The van der Waals surface area contributed by atoms with Crippen LogP contribution in [0.25, 0.3) is 22.6 Å². The van der Waals surface area contributed by atoms with Crippen LogP contribution in [0.3, 0.4) is 0 Å². The maximum atomic E-state index is 5.84. The number of halogens is 1. The first kappa shape index (κ1) is 11.2. The van der Waals surface area contributed by atoms with Crippen molar-refractivity contribution in [3.05, 3.63) is 41.0 Å². The highest BCUT2D eigenvalue weighted by atomic mass is 79.9. The lowest BCUT2D eigenvalue weighted by Crippen LogP contribution is -1.94. The molecule has 3 aromatic rings. The van der Waals surface area contributed by atoms with Crippen molar-refractivity contribution in [2.75, 3.05) is 5.73 Å². The summed E-state index contributed by atoms with van der Waals surface area (Å²) in [5.41, 5.74) is 9.26. The second kappa shape index (κ2) is 4.10. The van der Waals surface area contributed by atoms with E-state index < -0.39 is 0 Å². The molecule has 0 bridgehead atoms. The van der Waals surface area contributed by atoms with Gasteiger partial charge in [-0.2, -0.15) is 0 Å². The highest BCUT2D eigenvalue weighted by molar-refractivity contribution is 9.10. The maximum Gasteiger partial charge on any atom is 0.178 e. The molecule has 18 heavy (non-hydrogen) atoms. The number of hydrogen-bond acceptors (Lipinski definition) is 3. The first-order valence-electron chi connectivity index (χ1n) is 5.49. The molecule has 0 saturated carbocycles. The zero-order chi connectivity index (χ0) is 12.7. The van der Waals surface area contributed by atoms with Gasteiger partial charge < -0.3 is 10.3 Å². The summed E-state index contributed by atoms with van der Waals surface area (Å²) in [7, 11) is 1.97. The molecule has 4 nitrogen and oxygen atoms in total. The van der Waals surface area contributed by atoms with E-state index in [0.717, 1.165) is 27.0 Å². The number of pyridine rings is 1. The van der Waals surface area contributed by atoms with Crippen LogP contribution in [0.5, 0.6) is 0 Å².